The van der Waals surface area contributed by atoms with Gasteiger partial charge in [-0.05, 0) is 69.1 Å². The first kappa shape index (κ1) is 26.7. The fourth-order valence-corrected chi connectivity index (χ4v) is 6.10. The summed E-state index contributed by atoms with van der Waals surface area (Å²) in [7, 11) is 1.46. The molecule has 1 N–H and O–H groups in total. The Balaban J connectivity index is 1.47. The number of unbranched alkanes of at least 4 members (excludes halogenated alkanes) is 3. The highest BCUT2D eigenvalue weighted by Gasteiger charge is 2.37. The summed E-state index contributed by atoms with van der Waals surface area (Å²) in [6.07, 6.45) is 23.3. The van der Waals surface area contributed by atoms with E-state index in [0.717, 1.165) is 70.8 Å². The second kappa shape index (κ2) is 15.2. The molecule has 5 heteroatoms. The van der Waals surface area contributed by atoms with Crippen molar-refractivity contribution in [2.75, 3.05) is 13.7 Å². The number of hydrogen-bond donors (Lipinski definition) is 1. The van der Waals surface area contributed by atoms with Gasteiger partial charge in [0.2, 0.25) is 0 Å². The van der Waals surface area contributed by atoms with Crippen molar-refractivity contribution in [3.8, 4) is 0 Å². The minimum Gasteiger partial charge on any atom is -0.469 e. The summed E-state index contributed by atoms with van der Waals surface area (Å²) in [5.41, 5.74) is 0. The average Bonchev–Trinajstić information content (AvgIpc) is 3.22. The van der Waals surface area contributed by atoms with E-state index in [2.05, 4.69) is 12.2 Å². The van der Waals surface area contributed by atoms with Gasteiger partial charge in [-0.2, -0.15) is 0 Å². The zero-order valence-electron chi connectivity index (χ0n) is 20.9. The van der Waals surface area contributed by atoms with E-state index < -0.39 is 0 Å². The molecule has 1 heterocycles. The largest absolute Gasteiger partial charge is 0.469 e. The van der Waals surface area contributed by atoms with Crippen LogP contribution >= 0.6 is 0 Å². The van der Waals surface area contributed by atoms with Crippen LogP contribution in [0.2, 0.25) is 0 Å². The maximum absolute atomic E-state index is 11.3. The molecular formula is C28H48O5. The molecule has 1 saturated heterocycles. The minimum atomic E-state index is -0.311. The molecule has 3 aliphatic rings. The van der Waals surface area contributed by atoms with Gasteiger partial charge in [-0.3, -0.25) is 4.79 Å². The molecule has 0 aromatic rings. The number of rotatable bonds is 13. The van der Waals surface area contributed by atoms with Gasteiger partial charge in [0, 0.05) is 13.0 Å². The molecule has 0 aromatic carbocycles. The second-order valence-corrected chi connectivity index (χ2v) is 10.6. The van der Waals surface area contributed by atoms with E-state index in [1.165, 1.54) is 45.6 Å². The lowest BCUT2D eigenvalue weighted by Gasteiger charge is -2.30. The number of aliphatic hydroxyl groups excluding tert-OH is 1. The third-order valence-corrected chi connectivity index (χ3v) is 8.05. The van der Waals surface area contributed by atoms with Crippen LogP contribution in [0.15, 0.2) is 12.2 Å². The number of allylic oxidation sites excluding steroid dienone is 1. The van der Waals surface area contributed by atoms with Gasteiger partial charge in [0.25, 0.3) is 0 Å². The van der Waals surface area contributed by atoms with Crippen LogP contribution in [0.4, 0.5) is 0 Å². The first-order chi connectivity index (χ1) is 16.2. The highest BCUT2D eigenvalue weighted by molar-refractivity contribution is 5.68. The molecule has 33 heavy (non-hydrogen) atoms. The monoisotopic (exact) mass is 464 g/mol. The van der Waals surface area contributed by atoms with Crippen LogP contribution in [0.1, 0.15) is 109 Å². The maximum atomic E-state index is 11.3. The van der Waals surface area contributed by atoms with Crippen molar-refractivity contribution in [2.24, 2.45) is 17.8 Å². The molecular weight excluding hydrogens is 416 g/mol. The molecule has 2 saturated carbocycles. The van der Waals surface area contributed by atoms with E-state index in [0.29, 0.717) is 24.2 Å². The van der Waals surface area contributed by atoms with Crippen molar-refractivity contribution < 1.29 is 24.1 Å². The van der Waals surface area contributed by atoms with E-state index in [4.69, 9.17) is 14.2 Å². The van der Waals surface area contributed by atoms with Crippen LogP contribution in [0.5, 0.6) is 0 Å². The molecule has 0 amide bonds. The Labute approximate surface area is 201 Å². The number of carbonyl (C=O) groups excluding carboxylic acids is 1. The van der Waals surface area contributed by atoms with E-state index in [9.17, 15) is 9.90 Å². The van der Waals surface area contributed by atoms with Crippen LogP contribution in [-0.4, -0.2) is 43.3 Å². The number of ether oxygens (including phenoxy) is 3. The van der Waals surface area contributed by atoms with Gasteiger partial charge < -0.3 is 19.3 Å². The lowest BCUT2D eigenvalue weighted by atomic mass is 9.84. The number of hydrogen-bond acceptors (Lipinski definition) is 5. The molecule has 0 aromatic heterocycles. The molecule has 3 rings (SSSR count). The predicted octanol–water partition coefficient (Wildman–Crippen LogP) is 6.33. The summed E-state index contributed by atoms with van der Waals surface area (Å²) < 4.78 is 17.1. The minimum absolute atomic E-state index is 0.0362. The Kier molecular flexibility index (Phi) is 12.3. The normalized spacial score (nSPS) is 30.0. The van der Waals surface area contributed by atoms with E-state index in [1.54, 1.807) is 0 Å². The van der Waals surface area contributed by atoms with Crippen LogP contribution in [0.25, 0.3) is 0 Å². The molecule has 1 aliphatic heterocycles. The third-order valence-electron chi connectivity index (χ3n) is 8.05. The molecule has 5 nitrogen and oxygen atoms in total. The molecule has 5 unspecified atom stereocenters. The number of aliphatic hydroxyl groups is 1. The molecule has 0 radical (unpaired) electrons. The summed E-state index contributed by atoms with van der Waals surface area (Å²) in [5.74, 6) is 1.56. The standard InChI is InChI=1S/C28H48O5/c1-31-27(30)14-8-3-2-7-13-25-23(16-18-24(29)21-22-11-5-4-6-12-22)17-19-26(25)33-28-15-9-10-20-32-28/h16,18,22-26,28-29H,2-15,17,19-21H2,1H3/b18-16+. The summed E-state index contributed by atoms with van der Waals surface area (Å²) >= 11 is 0. The summed E-state index contributed by atoms with van der Waals surface area (Å²) in [4.78, 5) is 11.3. The molecule has 3 fully saturated rings. The fourth-order valence-electron chi connectivity index (χ4n) is 6.10. The highest BCUT2D eigenvalue weighted by atomic mass is 16.7. The zero-order valence-corrected chi connectivity index (χ0v) is 20.9. The Morgan fingerprint density at radius 2 is 1.79 bits per heavy atom. The van der Waals surface area contributed by atoms with Crippen molar-refractivity contribution in [3.63, 3.8) is 0 Å². The summed E-state index contributed by atoms with van der Waals surface area (Å²) in [6, 6.07) is 0. The van der Waals surface area contributed by atoms with E-state index in [1.807, 2.05) is 0 Å². The highest BCUT2D eigenvalue weighted by Crippen LogP contribution is 2.40. The van der Waals surface area contributed by atoms with Gasteiger partial charge in [-0.15, -0.1) is 0 Å². The van der Waals surface area contributed by atoms with Crippen molar-refractivity contribution in [3.05, 3.63) is 12.2 Å². The van der Waals surface area contributed by atoms with E-state index in [-0.39, 0.29) is 24.5 Å². The Hall–Kier alpha value is -0.910. The van der Waals surface area contributed by atoms with Gasteiger partial charge in [0.05, 0.1) is 19.3 Å². The van der Waals surface area contributed by atoms with Crippen molar-refractivity contribution in [1.29, 1.82) is 0 Å². The first-order valence-corrected chi connectivity index (χ1v) is 13.9. The van der Waals surface area contributed by atoms with Crippen LogP contribution < -0.4 is 0 Å². The number of esters is 1. The van der Waals surface area contributed by atoms with Crippen LogP contribution in [-0.2, 0) is 19.0 Å². The third kappa shape index (κ3) is 9.70. The van der Waals surface area contributed by atoms with E-state index >= 15 is 0 Å². The molecule has 5 atom stereocenters. The van der Waals surface area contributed by atoms with Gasteiger partial charge in [-0.1, -0.05) is 63.5 Å². The lowest BCUT2D eigenvalue weighted by molar-refractivity contribution is -0.195. The fraction of sp³-hybridized carbons (Fsp3) is 0.893. The number of carbonyl (C=O) groups is 1. The summed E-state index contributed by atoms with van der Waals surface area (Å²) in [5, 5.41) is 10.6. The molecule has 0 spiro atoms. The van der Waals surface area contributed by atoms with Crippen molar-refractivity contribution >= 4 is 5.97 Å². The SMILES string of the molecule is COC(=O)CCCCCCC1C(/C=C/C(O)CC2CCCCC2)CCC1OC1CCCCO1. The number of methoxy groups -OCH3 is 1. The van der Waals surface area contributed by atoms with Crippen molar-refractivity contribution in [2.45, 2.75) is 128 Å². The Morgan fingerprint density at radius 1 is 1.00 bits per heavy atom. The van der Waals surface area contributed by atoms with Crippen molar-refractivity contribution in [1.82, 2.24) is 0 Å². The van der Waals surface area contributed by atoms with Crippen LogP contribution in [0, 0.1) is 17.8 Å². The quantitative estimate of drug-likeness (QED) is 0.196. The average molecular weight is 465 g/mol. The van der Waals surface area contributed by atoms with Gasteiger partial charge >= 0.3 is 5.97 Å². The zero-order chi connectivity index (χ0) is 23.3. The predicted molar refractivity (Wildman–Crippen MR) is 131 cm³/mol. The Bertz CT molecular complexity index is 565. The van der Waals surface area contributed by atoms with Gasteiger partial charge in [-0.25, -0.2) is 0 Å². The molecule has 2 aliphatic carbocycles. The Morgan fingerprint density at radius 3 is 2.55 bits per heavy atom. The lowest BCUT2D eigenvalue weighted by Crippen LogP contribution is -2.31. The first-order valence-electron chi connectivity index (χ1n) is 13.9. The van der Waals surface area contributed by atoms with Gasteiger partial charge in [0.1, 0.15) is 0 Å². The molecule has 0 bridgehead atoms. The topological polar surface area (TPSA) is 65.0 Å². The van der Waals surface area contributed by atoms with Crippen LogP contribution in [0.3, 0.4) is 0 Å². The molecule has 190 valence electrons. The van der Waals surface area contributed by atoms with Gasteiger partial charge in [0.15, 0.2) is 6.29 Å². The summed E-state index contributed by atoms with van der Waals surface area (Å²) in [6.45, 7) is 0.818. The second-order valence-electron chi connectivity index (χ2n) is 10.6. The smallest absolute Gasteiger partial charge is 0.305 e. The maximum Gasteiger partial charge on any atom is 0.305 e.